The standard InChI is InChI=1S/C70H68N4O/c1-67(2,3)50-34-37-71-65(42-50)74-61-27-15-14-26-55(61)56-32-31-54(44-64(56)74)75-53-25-19-24-52(43-53)72-45-73(63-29-17-16-28-62(63)72)66-57(48-23-18-22-47(38-48)46-20-12-11-13-21-46)40-51(68(4,5)6)41-58(66)49-30-33-59-60(39-49)70(9,10)36-35-69(59,7)8/h11-34,37-44H,35-36,45H2,1-10H3/i11D,12D,13D,14D,15D,18D,20D,21D,22D,23D,26D,27D,38D. The summed E-state index contributed by atoms with van der Waals surface area (Å²) in [7, 11) is 0. The lowest BCUT2D eigenvalue weighted by Gasteiger charge is -2.42. The Bertz CT molecular complexity index is 4580. The van der Waals surface area contributed by atoms with Crippen molar-refractivity contribution in [1.82, 2.24) is 9.55 Å². The minimum absolute atomic E-state index is 0.0252. The summed E-state index contributed by atoms with van der Waals surface area (Å²) in [5, 5.41) is 0.974. The van der Waals surface area contributed by atoms with Gasteiger partial charge in [-0.15, -0.1) is 0 Å². The maximum absolute atomic E-state index is 10.2. The minimum atomic E-state index is -0.642. The third-order valence-electron chi connectivity index (χ3n) is 15.4. The first-order valence-corrected chi connectivity index (χ1v) is 25.8. The summed E-state index contributed by atoms with van der Waals surface area (Å²) in [4.78, 5) is 9.06. The molecule has 2 aromatic heterocycles. The van der Waals surface area contributed by atoms with E-state index in [1.807, 2.05) is 78.9 Å². The van der Waals surface area contributed by atoms with Crippen molar-refractivity contribution in [2.24, 2.45) is 0 Å². The Hall–Kier alpha value is -7.89. The van der Waals surface area contributed by atoms with Crippen LogP contribution in [0.1, 0.15) is 122 Å². The van der Waals surface area contributed by atoms with Crippen molar-refractivity contribution in [3.05, 3.63) is 216 Å². The van der Waals surface area contributed by atoms with Crippen molar-refractivity contribution >= 4 is 44.6 Å². The molecule has 0 saturated heterocycles. The fourth-order valence-electron chi connectivity index (χ4n) is 11.0. The lowest BCUT2D eigenvalue weighted by atomic mass is 9.63. The van der Waals surface area contributed by atoms with E-state index in [4.69, 9.17) is 22.1 Å². The quantitative estimate of drug-likeness (QED) is 0.152. The van der Waals surface area contributed by atoms with Gasteiger partial charge in [-0.05, 0) is 152 Å². The molecule has 8 aromatic carbocycles. The number of anilines is 4. The zero-order valence-electron chi connectivity index (χ0n) is 57.3. The number of aromatic nitrogens is 2. The van der Waals surface area contributed by atoms with Crippen LogP contribution in [0.3, 0.4) is 0 Å². The number of para-hydroxylation sites is 3. The highest BCUT2D eigenvalue weighted by atomic mass is 16.5. The number of benzene rings is 8. The molecule has 0 fully saturated rings. The van der Waals surface area contributed by atoms with Gasteiger partial charge in [0.25, 0.3) is 0 Å². The molecule has 2 aliphatic rings. The molecule has 10 aromatic rings. The van der Waals surface area contributed by atoms with Gasteiger partial charge in [0.05, 0.1) is 45.9 Å². The highest BCUT2D eigenvalue weighted by Crippen LogP contribution is 2.54. The largest absolute Gasteiger partial charge is 0.457 e. The predicted molar refractivity (Wildman–Crippen MR) is 316 cm³/mol. The van der Waals surface area contributed by atoms with Crippen LogP contribution in [0.15, 0.2) is 194 Å². The molecule has 0 spiro atoms. The molecule has 0 atom stereocenters. The van der Waals surface area contributed by atoms with Gasteiger partial charge in [-0.25, -0.2) is 4.98 Å². The van der Waals surface area contributed by atoms with Crippen molar-refractivity contribution in [2.75, 3.05) is 16.5 Å². The van der Waals surface area contributed by atoms with Crippen LogP contribution in [0, 0.1) is 0 Å². The molecule has 0 bridgehead atoms. The molecule has 5 heteroatoms. The molecule has 5 nitrogen and oxygen atoms in total. The van der Waals surface area contributed by atoms with Gasteiger partial charge >= 0.3 is 0 Å². The summed E-state index contributed by atoms with van der Waals surface area (Å²) in [5.74, 6) is 1.42. The summed E-state index contributed by atoms with van der Waals surface area (Å²) < 4.78 is 127. The molecule has 12 rings (SSSR count). The van der Waals surface area contributed by atoms with Crippen molar-refractivity contribution < 1.29 is 22.6 Å². The minimum Gasteiger partial charge on any atom is -0.457 e. The van der Waals surface area contributed by atoms with Crippen LogP contribution in [0.25, 0.3) is 61.0 Å². The number of fused-ring (bicyclic) bond motifs is 5. The Kier molecular flexibility index (Phi) is 8.44. The normalized spacial score (nSPS) is 17.5. The first-order chi connectivity index (χ1) is 41.3. The highest BCUT2D eigenvalue weighted by molar-refractivity contribution is 6.09. The van der Waals surface area contributed by atoms with Gasteiger partial charge in [0.2, 0.25) is 0 Å². The maximum Gasteiger partial charge on any atom is 0.137 e. The second-order valence-electron chi connectivity index (χ2n) is 23.4. The summed E-state index contributed by atoms with van der Waals surface area (Å²) in [5.41, 5.74) is 8.42. The van der Waals surface area contributed by atoms with Gasteiger partial charge in [-0.1, -0.05) is 172 Å². The van der Waals surface area contributed by atoms with Gasteiger partial charge in [-0.2, -0.15) is 0 Å². The van der Waals surface area contributed by atoms with Gasteiger partial charge in [0.1, 0.15) is 24.0 Å². The fraction of sp³-hybridized carbons (Fsp3) is 0.243. The van der Waals surface area contributed by atoms with E-state index in [9.17, 15) is 5.48 Å². The van der Waals surface area contributed by atoms with Crippen molar-refractivity contribution in [1.29, 1.82) is 0 Å². The second-order valence-corrected chi connectivity index (χ2v) is 23.4. The Labute approximate surface area is 462 Å². The summed E-state index contributed by atoms with van der Waals surface area (Å²) in [6, 6.07) is 29.6. The molecular formula is C70H68N4O. The van der Waals surface area contributed by atoms with Gasteiger partial charge in [-0.3, -0.25) is 4.57 Å². The number of ether oxygens (including phenoxy) is 1. The first kappa shape index (κ1) is 35.3. The van der Waals surface area contributed by atoms with E-state index < -0.39 is 59.8 Å². The maximum atomic E-state index is 10.2. The molecule has 1 aliphatic heterocycles. The molecule has 0 radical (unpaired) electrons. The van der Waals surface area contributed by atoms with E-state index in [-0.39, 0.29) is 63.8 Å². The fourth-order valence-corrected chi connectivity index (χ4v) is 11.0. The van der Waals surface area contributed by atoms with Crippen LogP contribution in [-0.4, -0.2) is 16.2 Å². The topological polar surface area (TPSA) is 33.5 Å². The molecule has 0 N–H and O–H groups in total. The average molecular weight is 994 g/mol. The van der Waals surface area contributed by atoms with Crippen molar-refractivity contribution in [3.8, 4) is 50.7 Å². The number of nitrogens with zero attached hydrogens (tertiary/aromatic N) is 4. The second kappa shape index (κ2) is 17.9. The van der Waals surface area contributed by atoms with E-state index in [2.05, 4.69) is 103 Å². The first-order valence-electron chi connectivity index (χ1n) is 32.3. The smallest absolute Gasteiger partial charge is 0.137 e. The lowest BCUT2D eigenvalue weighted by molar-refractivity contribution is 0.332. The number of hydrogen-bond donors (Lipinski definition) is 0. The summed E-state index contributed by atoms with van der Waals surface area (Å²) in [6.07, 6.45) is 3.69. The molecule has 0 unspecified atom stereocenters. The van der Waals surface area contributed by atoms with E-state index in [1.165, 1.54) is 11.1 Å². The average Bonchev–Trinajstić information content (AvgIpc) is 1.35. The third kappa shape index (κ3) is 8.66. The van der Waals surface area contributed by atoms with Crippen LogP contribution in [0.2, 0.25) is 0 Å². The van der Waals surface area contributed by atoms with Crippen LogP contribution < -0.4 is 14.5 Å². The molecular weight excluding hydrogens is 913 g/mol. The Morgan fingerprint density at radius 1 is 0.520 bits per heavy atom. The Morgan fingerprint density at radius 2 is 1.19 bits per heavy atom. The number of hydrogen-bond acceptors (Lipinski definition) is 4. The van der Waals surface area contributed by atoms with E-state index in [0.29, 0.717) is 50.4 Å². The Morgan fingerprint density at radius 3 is 1.95 bits per heavy atom. The summed E-state index contributed by atoms with van der Waals surface area (Å²) >= 11 is 0. The monoisotopic (exact) mass is 994 g/mol. The highest BCUT2D eigenvalue weighted by Gasteiger charge is 2.38. The van der Waals surface area contributed by atoms with Crippen molar-refractivity contribution in [3.63, 3.8) is 0 Å². The zero-order chi connectivity index (χ0) is 63.3. The zero-order valence-corrected chi connectivity index (χ0v) is 44.3. The summed E-state index contributed by atoms with van der Waals surface area (Å²) in [6.45, 7) is 21.9. The van der Waals surface area contributed by atoms with Crippen LogP contribution in [0.5, 0.6) is 11.5 Å². The van der Waals surface area contributed by atoms with Crippen molar-refractivity contribution in [2.45, 2.75) is 104 Å². The number of pyridine rings is 1. The lowest BCUT2D eigenvalue weighted by Crippen LogP contribution is -2.33. The SMILES string of the molecule is [2H]c1c([2H])c([2H])c(-c2c([2H])c([2H])c([2H])c(-c3cc(C(C)(C)C)cc(-c4ccc5c(c4)C(C)(C)CCC5(C)C)c3N3CN(c4cccc(Oc5ccc6c7c([2H])c([2H])c([2H])c([2H])c7n(-c7cc(C(C)(C)C)ccn7)c6c5)c4)c4ccccc43)c2[2H])c([2H])c1[2H]. The molecule has 3 heterocycles. The third-order valence-corrected chi connectivity index (χ3v) is 15.4. The molecule has 75 heavy (non-hydrogen) atoms. The van der Waals surface area contributed by atoms with Crippen LogP contribution in [0.4, 0.5) is 22.7 Å². The van der Waals surface area contributed by atoms with Crippen LogP contribution >= 0.6 is 0 Å². The molecule has 1 aliphatic carbocycles. The van der Waals surface area contributed by atoms with Crippen LogP contribution in [-0.2, 0) is 21.7 Å². The number of rotatable bonds is 8. The van der Waals surface area contributed by atoms with Gasteiger partial charge in [0.15, 0.2) is 0 Å². The van der Waals surface area contributed by atoms with Gasteiger partial charge < -0.3 is 14.5 Å². The van der Waals surface area contributed by atoms with E-state index in [0.717, 1.165) is 52.2 Å². The molecule has 0 amide bonds. The Balaban J connectivity index is 1.05. The van der Waals surface area contributed by atoms with Gasteiger partial charge in [0, 0.05) is 45.9 Å². The molecule has 0 saturated carbocycles. The molecule has 374 valence electrons. The van der Waals surface area contributed by atoms with E-state index in [1.54, 1.807) is 16.8 Å². The van der Waals surface area contributed by atoms with E-state index >= 15 is 0 Å². The predicted octanol–water partition coefficient (Wildman–Crippen LogP) is 19.2.